The number of aliphatic hydroxyl groups is 1. The van der Waals surface area contributed by atoms with Crippen LogP contribution in [-0.4, -0.2) is 40.0 Å². The van der Waals surface area contributed by atoms with Crippen molar-refractivity contribution in [3.05, 3.63) is 29.8 Å². The molecule has 1 unspecified atom stereocenters. The van der Waals surface area contributed by atoms with Crippen LogP contribution in [0.1, 0.15) is 49.9 Å². The quantitative estimate of drug-likeness (QED) is 0.896. The fourth-order valence-electron chi connectivity index (χ4n) is 3.20. The summed E-state index contributed by atoms with van der Waals surface area (Å²) in [5.74, 6) is 0.161. The van der Waals surface area contributed by atoms with Gasteiger partial charge in [0, 0.05) is 23.7 Å². The molecule has 5 heteroatoms. The third-order valence-electron chi connectivity index (χ3n) is 4.68. The molecule has 124 valence electrons. The zero-order chi connectivity index (χ0) is 16.6. The molecule has 0 aromatic heterocycles. The molecule has 3 rings (SSSR count). The smallest absolute Gasteiger partial charge is 0.254 e. The van der Waals surface area contributed by atoms with Crippen LogP contribution in [0.5, 0.6) is 0 Å². The van der Waals surface area contributed by atoms with Gasteiger partial charge in [0.05, 0.1) is 11.6 Å². The molecule has 1 saturated heterocycles. The predicted octanol–water partition coefficient (Wildman–Crippen LogP) is 2.41. The first-order valence-corrected chi connectivity index (χ1v) is 8.30. The van der Waals surface area contributed by atoms with Gasteiger partial charge in [0.2, 0.25) is 5.91 Å². The van der Waals surface area contributed by atoms with Crippen LogP contribution in [0, 0.1) is 5.92 Å². The number of amides is 2. The van der Waals surface area contributed by atoms with Gasteiger partial charge in [-0.25, -0.2) is 0 Å². The van der Waals surface area contributed by atoms with Gasteiger partial charge in [0.1, 0.15) is 0 Å². The van der Waals surface area contributed by atoms with Crippen molar-refractivity contribution in [2.45, 2.75) is 51.2 Å². The van der Waals surface area contributed by atoms with E-state index in [4.69, 9.17) is 0 Å². The van der Waals surface area contributed by atoms with Crippen LogP contribution in [0.25, 0.3) is 0 Å². The molecular weight excluding hydrogens is 292 g/mol. The van der Waals surface area contributed by atoms with E-state index in [1.54, 1.807) is 43.0 Å². The van der Waals surface area contributed by atoms with Crippen LogP contribution in [0.2, 0.25) is 0 Å². The van der Waals surface area contributed by atoms with Crippen molar-refractivity contribution in [3.63, 3.8) is 0 Å². The topological polar surface area (TPSA) is 69.6 Å². The summed E-state index contributed by atoms with van der Waals surface area (Å²) in [5, 5.41) is 13.1. The molecule has 2 N–H and O–H groups in total. The van der Waals surface area contributed by atoms with Crippen LogP contribution in [0.4, 0.5) is 5.69 Å². The Kier molecular flexibility index (Phi) is 4.15. The summed E-state index contributed by atoms with van der Waals surface area (Å²) < 4.78 is 0. The Hall–Kier alpha value is -1.88. The number of likely N-dealkylation sites (tertiary alicyclic amines) is 1. The number of carbonyl (C=O) groups is 2. The minimum Gasteiger partial charge on any atom is -0.388 e. The van der Waals surface area contributed by atoms with Gasteiger partial charge in [0.25, 0.3) is 5.91 Å². The molecule has 2 fully saturated rings. The minimum absolute atomic E-state index is 0.0605. The number of hydrogen-bond acceptors (Lipinski definition) is 3. The van der Waals surface area contributed by atoms with E-state index in [2.05, 4.69) is 5.32 Å². The normalized spacial score (nSPS) is 21.3. The molecule has 1 aliphatic carbocycles. The van der Waals surface area contributed by atoms with Crippen LogP contribution in [0.3, 0.4) is 0 Å². The maximum Gasteiger partial charge on any atom is 0.254 e. The van der Waals surface area contributed by atoms with Gasteiger partial charge < -0.3 is 15.3 Å². The van der Waals surface area contributed by atoms with Gasteiger partial charge in [0.15, 0.2) is 0 Å². The van der Waals surface area contributed by atoms with Crippen molar-refractivity contribution in [1.82, 2.24) is 4.90 Å². The number of hydrogen-bond donors (Lipinski definition) is 2. The number of benzene rings is 1. The predicted molar refractivity (Wildman–Crippen MR) is 88.2 cm³/mol. The number of anilines is 1. The zero-order valence-corrected chi connectivity index (χ0v) is 13.7. The van der Waals surface area contributed by atoms with Gasteiger partial charge in [-0.3, -0.25) is 9.59 Å². The van der Waals surface area contributed by atoms with Crippen molar-refractivity contribution < 1.29 is 14.7 Å². The molecule has 0 spiro atoms. The van der Waals surface area contributed by atoms with Crippen molar-refractivity contribution in [2.24, 2.45) is 5.92 Å². The third-order valence-corrected chi connectivity index (χ3v) is 4.68. The standard InChI is InChI=1S/C18H24N2O3/c1-18(2,23)15-4-3-11-20(15)17(22)13-7-9-14(10-8-13)19-16(21)12-5-6-12/h7-10,12,15,23H,3-6,11H2,1-2H3,(H,19,21). The lowest BCUT2D eigenvalue weighted by atomic mass is 9.96. The van der Waals surface area contributed by atoms with E-state index in [9.17, 15) is 14.7 Å². The number of rotatable bonds is 4. The van der Waals surface area contributed by atoms with Crippen LogP contribution in [-0.2, 0) is 4.79 Å². The summed E-state index contributed by atoms with van der Waals surface area (Å²) in [5.41, 5.74) is 0.411. The molecule has 0 bridgehead atoms. The second-order valence-corrected chi connectivity index (χ2v) is 7.15. The largest absolute Gasteiger partial charge is 0.388 e. The lowest BCUT2D eigenvalue weighted by Crippen LogP contribution is -2.48. The van der Waals surface area contributed by atoms with Crippen LogP contribution < -0.4 is 5.32 Å². The Morgan fingerprint density at radius 1 is 1.17 bits per heavy atom. The second-order valence-electron chi connectivity index (χ2n) is 7.15. The molecule has 0 radical (unpaired) electrons. The highest BCUT2D eigenvalue weighted by Crippen LogP contribution is 2.31. The fourth-order valence-corrected chi connectivity index (χ4v) is 3.20. The van der Waals surface area contributed by atoms with Crippen molar-refractivity contribution in [2.75, 3.05) is 11.9 Å². The Balaban J connectivity index is 1.68. The minimum atomic E-state index is -0.898. The second kappa shape index (κ2) is 5.96. The first-order valence-electron chi connectivity index (χ1n) is 8.30. The summed E-state index contributed by atoms with van der Waals surface area (Å²) in [6, 6.07) is 6.87. The fraction of sp³-hybridized carbons (Fsp3) is 0.556. The van der Waals surface area contributed by atoms with Gasteiger partial charge in [-0.15, -0.1) is 0 Å². The van der Waals surface area contributed by atoms with E-state index in [-0.39, 0.29) is 23.8 Å². The van der Waals surface area contributed by atoms with E-state index in [1.807, 2.05) is 0 Å². The molecule has 1 aromatic rings. The van der Waals surface area contributed by atoms with Gasteiger partial charge >= 0.3 is 0 Å². The van der Waals surface area contributed by atoms with Crippen molar-refractivity contribution >= 4 is 17.5 Å². The first-order chi connectivity index (χ1) is 10.9. The molecule has 1 atom stereocenters. The first kappa shape index (κ1) is 16.0. The van der Waals surface area contributed by atoms with E-state index in [0.29, 0.717) is 12.1 Å². The molecule has 5 nitrogen and oxygen atoms in total. The lowest BCUT2D eigenvalue weighted by Gasteiger charge is -2.33. The molecule has 1 aliphatic heterocycles. The van der Waals surface area contributed by atoms with Crippen molar-refractivity contribution in [3.8, 4) is 0 Å². The summed E-state index contributed by atoms with van der Waals surface area (Å²) in [4.78, 5) is 26.2. The highest BCUT2D eigenvalue weighted by atomic mass is 16.3. The number of nitrogens with zero attached hydrogens (tertiary/aromatic N) is 1. The molecule has 23 heavy (non-hydrogen) atoms. The summed E-state index contributed by atoms with van der Waals surface area (Å²) in [7, 11) is 0. The van der Waals surface area contributed by atoms with E-state index < -0.39 is 5.60 Å². The molecular formula is C18H24N2O3. The summed E-state index contributed by atoms with van der Waals surface area (Å²) >= 11 is 0. The Morgan fingerprint density at radius 3 is 2.39 bits per heavy atom. The Bertz CT molecular complexity index is 600. The third kappa shape index (κ3) is 3.55. The Morgan fingerprint density at radius 2 is 1.83 bits per heavy atom. The molecule has 1 aromatic carbocycles. The SMILES string of the molecule is CC(C)(O)C1CCCN1C(=O)c1ccc(NC(=O)C2CC2)cc1. The molecule has 2 aliphatic rings. The highest BCUT2D eigenvalue weighted by molar-refractivity contribution is 5.97. The van der Waals surface area contributed by atoms with Gasteiger partial charge in [-0.2, -0.15) is 0 Å². The van der Waals surface area contributed by atoms with Gasteiger partial charge in [-0.05, 0) is 63.8 Å². The Labute approximate surface area is 136 Å². The highest BCUT2D eigenvalue weighted by Gasteiger charge is 2.38. The maximum absolute atomic E-state index is 12.7. The number of carbonyl (C=O) groups excluding carboxylic acids is 2. The lowest BCUT2D eigenvalue weighted by molar-refractivity contribution is -0.117. The van der Waals surface area contributed by atoms with Crippen LogP contribution in [0.15, 0.2) is 24.3 Å². The molecule has 2 amide bonds. The molecule has 1 heterocycles. The van der Waals surface area contributed by atoms with Crippen molar-refractivity contribution in [1.29, 1.82) is 0 Å². The van der Waals surface area contributed by atoms with E-state index >= 15 is 0 Å². The molecule has 1 saturated carbocycles. The summed E-state index contributed by atoms with van der Waals surface area (Å²) in [6.07, 6.45) is 3.67. The van der Waals surface area contributed by atoms with Crippen LogP contribution >= 0.6 is 0 Å². The van der Waals surface area contributed by atoms with E-state index in [0.717, 1.165) is 31.4 Å². The zero-order valence-electron chi connectivity index (χ0n) is 13.7. The van der Waals surface area contributed by atoms with E-state index in [1.165, 1.54) is 0 Å². The number of nitrogens with one attached hydrogen (secondary N) is 1. The monoisotopic (exact) mass is 316 g/mol. The average Bonchev–Trinajstić information content (AvgIpc) is 3.23. The maximum atomic E-state index is 12.7. The van der Waals surface area contributed by atoms with Gasteiger partial charge in [-0.1, -0.05) is 0 Å². The summed E-state index contributed by atoms with van der Waals surface area (Å²) in [6.45, 7) is 4.17. The average molecular weight is 316 g/mol.